The lowest BCUT2D eigenvalue weighted by Gasteiger charge is -2.40. The second-order valence-electron chi connectivity index (χ2n) is 12.3. The number of carbonyl (C=O) groups excluding carboxylic acids is 2. The molecule has 1 aromatic heterocycles. The first-order chi connectivity index (χ1) is 19.6. The third kappa shape index (κ3) is 6.54. The van der Waals surface area contributed by atoms with Crippen LogP contribution in [0.5, 0.6) is 5.75 Å². The molecule has 13 heteroatoms. The van der Waals surface area contributed by atoms with Gasteiger partial charge in [-0.1, -0.05) is 34.5 Å². The van der Waals surface area contributed by atoms with Gasteiger partial charge in [-0.3, -0.25) is 10.2 Å². The van der Waals surface area contributed by atoms with Crippen LogP contribution in [-0.4, -0.2) is 70.5 Å². The Morgan fingerprint density at radius 3 is 2.52 bits per heavy atom. The Kier molecular flexibility index (Phi) is 8.25. The zero-order valence-electron chi connectivity index (χ0n) is 24.3. The zero-order valence-corrected chi connectivity index (χ0v) is 26.6. The number of ether oxygens (including phenoxy) is 3. The molecule has 2 amide bonds. The molecule has 0 saturated carbocycles. The standard InChI is InChI=1S/C29H33Cl2FN4O5S/c1-28(2,3)40-26(37)34-25-33-22-17(7-8-19(32)24(22)42-25)20-18(30)11-15-12-35-9-10-36(27(38)41-29(4,5)6)13-16(35)14-39-23(15)21(20)31/h7-8,11,16H,9-10,12-14H2,1-6H3,(H,33,34,37)/t16-/m0/s1. The summed E-state index contributed by atoms with van der Waals surface area (Å²) in [7, 11) is 0. The SMILES string of the molecule is CC(C)(C)OC(=O)Nc1nc2c(-c3c(Cl)cc4c(c3Cl)OC[C@@H]3CN(C(=O)OC(C)(C)C)CCN3C4)ccc(F)c2s1. The number of piperazine rings is 1. The van der Waals surface area contributed by atoms with E-state index in [2.05, 4.69) is 15.2 Å². The van der Waals surface area contributed by atoms with Gasteiger partial charge in [-0.2, -0.15) is 0 Å². The Balaban J connectivity index is 1.44. The first-order valence-corrected chi connectivity index (χ1v) is 15.1. The van der Waals surface area contributed by atoms with Gasteiger partial charge < -0.3 is 19.1 Å². The smallest absolute Gasteiger partial charge is 0.413 e. The molecule has 0 spiro atoms. The maximum absolute atomic E-state index is 14.9. The van der Waals surface area contributed by atoms with Gasteiger partial charge in [0.2, 0.25) is 0 Å². The number of hydrogen-bond acceptors (Lipinski definition) is 8. The second kappa shape index (κ2) is 11.3. The molecule has 226 valence electrons. The van der Waals surface area contributed by atoms with Gasteiger partial charge in [0.15, 0.2) is 5.13 Å². The third-order valence-electron chi connectivity index (χ3n) is 6.67. The number of thiazole rings is 1. The molecule has 2 aromatic carbocycles. The van der Waals surface area contributed by atoms with Crippen LogP contribution < -0.4 is 10.1 Å². The summed E-state index contributed by atoms with van der Waals surface area (Å²) in [6.45, 7) is 13.2. The summed E-state index contributed by atoms with van der Waals surface area (Å²) in [6, 6.07) is 4.61. The summed E-state index contributed by atoms with van der Waals surface area (Å²) in [6.07, 6.45) is -1.05. The number of nitrogens with one attached hydrogen (secondary N) is 1. The molecule has 2 aliphatic heterocycles. The van der Waals surface area contributed by atoms with Crippen molar-refractivity contribution in [3.63, 3.8) is 0 Å². The van der Waals surface area contributed by atoms with Gasteiger partial charge in [-0.05, 0) is 59.7 Å². The lowest BCUT2D eigenvalue weighted by molar-refractivity contribution is -0.00155. The number of carbonyl (C=O) groups is 2. The summed E-state index contributed by atoms with van der Waals surface area (Å²) >= 11 is 14.8. The van der Waals surface area contributed by atoms with Crippen LogP contribution in [0.2, 0.25) is 10.0 Å². The van der Waals surface area contributed by atoms with E-state index in [0.717, 1.165) is 16.9 Å². The fraction of sp³-hybridized carbons (Fsp3) is 0.483. The van der Waals surface area contributed by atoms with E-state index in [0.29, 0.717) is 60.2 Å². The van der Waals surface area contributed by atoms with Crippen molar-refractivity contribution in [1.82, 2.24) is 14.8 Å². The largest absolute Gasteiger partial charge is 0.490 e. The highest BCUT2D eigenvalue weighted by Gasteiger charge is 2.36. The van der Waals surface area contributed by atoms with Crippen LogP contribution in [0.15, 0.2) is 18.2 Å². The highest BCUT2D eigenvalue weighted by molar-refractivity contribution is 7.22. The number of nitrogens with zero attached hydrogens (tertiary/aromatic N) is 3. The van der Waals surface area contributed by atoms with Crippen molar-refractivity contribution in [2.75, 3.05) is 31.6 Å². The van der Waals surface area contributed by atoms with Crippen LogP contribution in [0.1, 0.15) is 47.1 Å². The van der Waals surface area contributed by atoms with Crippen LogP contribution >= 0.6 is 34.5 Å². The van der Waals surface area contributed by atoms with Gasteiger partial charge in [-0.15, -0.1) is 0 Å². The molecule has 0 aliphatic carbocycles. The Labute approximate surface area is 257 Å². The number of fused-ring (bicyclic) bond motifs is 3. The molecule has 5 rings (SSSR count). The van der Waals surface area contributed by atoms with E-state index in [1.165, 1.54) is 6.07 Å². The van der Waals surface area contributed by atoms with Crippen LogP contribution in [0.4, 0.5) is 19.1 Å². The van der Waals surface area contributed by atoms with Crippen molar-refractivity contribution in [2.45, 2.75) is 65.3 Å². The zero-order chi connectivity index (χ0) is 30.6. The first kappa shape index (κ1) is 30.6. The molecule has 1 N–H and O–H groups in total. The topological polar surface area (TPSA) is 93.2 Å². The van der Waals surface area contributed by atoms with Crippen molar-refractivity contribution in [1.29, 1.82) is 0 Å². The van der Waals surface area contributed by atoms with Crippen LogP contribution in [0, 0.1) is 5.82 Å². The lowest BCUT2D eigenvalue weighted by Crippen LogP contribution is -2.56. The minimum absolute atomic E-state index is 0.0745. The molecule has 1 saturated heterocycles. The summed E-state index contributed by atoms with van der Waals surface area (Å²) in [5.41, 5.74) is 0.772. The summed E-state index contributed by atoms with van der Waals surface area (Å²) in [4.78, 5) is 33.4. The average molecular weight is 640 g/mol. The Bertz CT molecular complexity index is 1550. The predicted octanol–water partition coefficient (Wildman–Crippen LogP) is 7.57. The molecule has 42 heavy (non-hydrogen) atoms. The van der Waals surface area contributed by atoms with E-state index in [1.54, 1.807) is 31.7 Å². The second-order valence-corrected chi connectivity index (χ2v) is 14.1. The summed E-state index contributed by atoms with van der Waals surface area (Å²) in [5.74, 6) is -0.0118. The van der Waals surface area contributed by atoms with Gasteiger partial charge in [0.05, 0.1) is 26.3 Å². The average Bonchev–Trinajstić information content (AvgIpc) is 3.18. The molecule has 3 heterocycles. The highest BCUT2D eigenvalue weighted by atomic mass is 35.5. The van der Waals surface area contributed by atoms with Crippen molar-refractivity contribution in [3.05, 3.63) is 39.6 Å². The number of anilines is 1. The van der Waals surface area contributed by atoms with Gasteiger partial charge >= 0.3 is 12.2 Å². The van der Waals surface area contributed by atoms with Crippen molar-refractivity contribution in [2.24, 2.45) is 0 Å². The maximum atomic E-state index is 14.9. The highest BCUT2D eigenvalue weighted by Crippen LogP contribution is 2.47. The van der Waals surface area contributed by atoms with Crippen molar-refractivity contribution < 1.29 is 28.2 Å². The lowest BCUT2D eigenvalue weighted by atomic mass is 10.0. The first-order valence-electron chi connectivity index (χ1n) is 13.5. The fourth-order valence-electron chi connectivity index (χ4n) is 4.94. The van der Waals surface area contributed by atoms with E-state index >= 15 is 0 Å². The quantitative estimate of drug-likeness (QED) is 0.309. The van der Waals surface area contributed by atoms with Gasteiger partial charge in [0.25, 0.3) is 0 Å². The third-order valence-corrected chi connectivity index (χ3v) is 8.31. The molecule has 0 unspecified atom stereocenters. The molecule has 3 aromatic rings. The Hall–Kier alpha value is -2.86. The van der Waals surface area contributed by atoms with Crippen LogP contribution in [0.25, 0.3) is 21.3 Å². The number of amides is 2. The van der Waals surface area contributed by atoms with Crippen molar-refractivity contribution in [3.8, 4) is 16.9 Å². The molecule has 1 fully saturated rings. The van der Waals surface area contributed by atoms with Gasteiger partial charge in [0.1, 0.15) is 29.4 Å². The maximum Gasteiger partial charge on any atom is 0.413 e. The molecule has 9 nitrogen and oxygen atoms in total. The van der Waals surface area contributed by atoms with E-state index in [1.807, 2.05) is 26.8 Å². The van der Waals surface area contributed by atoms with Crippen molar-refractivity contribution >= 4 is 62.1 Å². The summed E-state index contributed by atoms with van der Waals surface area (Å²) < 4.78 is 32.2. The van der Waals surface area contributed by atoms with E-state index in [4.69, 9.17) is 37.4 Å². The molecular weight excluding hydrogens is 606 g/mol. The number of benzene rings is 2. The Morgan fingerprint density at radius 1 is 1.12 bits per heavy atom. The number of hydrogen-bond donors (Lipinski definition) is 1. The van der Waals surface area contributed by atoms with Crippen LogP contribution in [-0.2, 0) is 16.0 Å². The minimum Gasteiger partial charge on any atom is -0.490 e. The minimum atomic E-state index is -0.706. The van der Waals surface area contributed by atoms with Gasteiger partial charge in [-0.25, -0.2) is 19.0 Å². The number of aromatic nitrogens is 1. The molecule has 2 aliphatic rings. The fourth-order valence-corrected chi connectivity index (χ4v) is 6.58. The van der Waals surface area contributed by atoms with Crippen LogP contribution in [0.3, 0.4) is 0 Å². The molecule has 0 radical (unpaired) electrons. The molecular formula is C29H33Cl2FN4O5S. The molecule has 1 atom stereocenters. The molecule has 0 bridgehead atoms. The number of rotatable bonds is 2. The number of halogens is 3. The van der Waals surface area contributed by atoms with E-state index in [-0.39, 0.29) is 27.0 Å². The van der Waals surface area contributed by atoms with Gasteiger partial charge in [0, 0.05) is 42.9 Å². The summed E-state index contributed by atoms with van der Waals surface area (Å²) in [5, 5.41) is 3.39. The normalized spacial score (nSPS) is 17.6. The monoisotopic (exact) mass is 638 g/mol. The predicted molar refractivity (Wildman–Crippen MR) is 162 cm³/mol. The van der Waals surface area contributed by atoms with E-state index < -0.39 is 23.1 Å². The van der Waals surface area contributed by atoms with E-state index in [9.17, 15) is 14.0 Å². The Morgan fingerprint density at radius 2 is 1.83 bits per heavy atom.